The summed E-state index contributed by atoms with van der Waals surface area (Å²) in [5.74, 6) is 4.83. The largest absolute Gasteiger partial charge is 0.508 e. The van der Waals surface area contributed by atoms with Crippen LogP contribution in [0.2, 0.25) is 5.02 Å². The lowest BCUT2D eigenvalue weighted by Crippen LogP contribution is -2.44. The predicted octanol–water partition coefficient (Wildman–Crippen LogP) is 4.69. The fourth-order valence-electron chi connectivity index (χ4n) is 6.86. The van der Waals surface area contributed by atoms with Crippen molar-refractivity contribution in [3.8, 4) is 28.8 Å². The van der Waals surface area contributed by atoms with E-state index in [1.165, 1.54) is 6.20 Å². The fraction of sp³-hybridized carbons (Fsp3) is 0.464. The first-order chi connectivity index (χ1) is 19.5. The Hall–Kier alpha value is -3.27. The van der Waals surface area contributed by atoms with Crippen molar-refractivity contribution in [2.45, 2.75) is 55.7 Å². The number of alkyl halides is 4. The summed E-state index contributed by atoms with van der Waals surface area (Å²) in [5, 5.41) is 12.9. The second kappa shape index (κ2) is 9.37. The summed E-state index contributed by atoms with van der Waals surface area (Å²) in [6.07, 6.45) is -1.97. The van der Waals surface area contributed by atoms with Crippen molar-refractivity contribution < 1.29 is 27.1 Å². The molecule has 4 aliphatic heterocycles. The third-order valence-corrected chi connectivity index (χ3v) is 8.91. The molecule has 0 spiro atoms. The summed E-state index contributed by atoms with van der Waals surface area (Å²) in [5.41, 5.74) is -3.58. The molecule has 4 aliphatic rings. The molecule has 0 radical (unpaired) electrons. The lowest BCUT2D eigenvalue weighted by molar-refractivity contribution is -0.137. The summed E-state index contributed by atoms with van der Waals surface area (Å²) >= 11 is 5.85. The summed E-state index contributed by atoms with van der Waals surface area (Å²) < 4.78 is 72.4. The molecule has 0 aliphatic carbocycles. The summed E-state index contributed by atoms with van der Waals surface area (Å²) in [7, 11) is 0. The van der Waals surface area contributed by atoms with E-state index in [1.807, 2.05) is 9.80 Å². The molecule has 2 aromatic heterocycles. The molecule has 0 unspecified atom stereocenters. The van der Waals surface area contributed by atoms with E-state index < -0.39 is 51.3 Å². The molecule has 4 atom stereocenters. The number of nitrogens with one attached hydrogen (secondary N) is 1. The van der Waals surface area contributed by atoms with Gasteiger partial charge in [0.1, 0.15) is 28.9 Å². The van der Waals surface area contributed by atoms with Crippen LogP contribution in [0.4, 0.5) is 27.8 Å². The molecule has 2 N–H and O–H groups in total. The number of halogens is 6. The number of hydrogen-bond donors (Lipinski definition) is 2. The fourth-order valence-corrected chi connectivity index (χ4v) is 7.18. The van der Waals surface area contributed by atoms with Gasteiger partial charge in [0.15, 0.2) is 5.82 Å². The first-order valence-electron chi connectivity index (χ1n) is 13.4. The van der Waals surface area contributed by atoms with Crippen LogP contribution in [0, 0.1) is 17.7 Å². The molecule has 41 heavy (non-hydrogen) atoms. The number of phenols is 1. The Bertz CT molecular complexity index is 1640. The van der Waals surface area contributed by atoms with Crippen LogP contribution in [0.5, 0.6) is 5.75 Å². The first-order valence-corrected chi connectivity index (χ1v) is 13.8. The van der Waals surface area contributed by atoms with E-state index in [4.69, 9.17) is 11.6 Å². The van der Waals surface area contributed by atoms with E-state index >= 15 is 4.39 Å². The molecule has 4 saturated heterocycles. The quantitative estimate of drug-likeness (QED) is 0.331. The van der Waals surface area contributed by atoms with Gasteiger partial charge in [0.2, 0.25) is 5.82 Å². The van der Waals surface area contributed by atoms with E-state index in [1.54, 1.807) is 0 Å². The number of nitrogens with zero attached hydrogens (tertiary/aromatic N) is 5. The molecule has 3 aromatic rings. The Morgan fingerprint density at radius 1 is 1.20 bits per heavy atom. The Morgan fingerprint density at radius 3 is 2.76 bits per heavy atom. The Balaban J connectivity index is 1.42. The van der Waals surface area contributed by atoms with Gasteiger partial charge < -0.3 is 15.3 Å². The number of aromatic hydroxyl groups is 1. The van der Waals surface area contributed by atoms with Gasteiger partial charge in [0, 0.05) is 49.9 Å². The maximum absolute atomic E-state index is 16.2. The predicted molar refractivity (Wildman–Crippen MR) is 142 cm³/mol. The highest BCUT2D eigenvalue weighted by Gasteiger charge is 2.48. The second-order valence-electron chi connectivity index (χ2n) is 11.2. The number of phenolic OH excluding ortho intramolecular Hbond substituents is 1. The van der Waals surface area contributed by atoms with Crippen LogP contribution in [0.3, 0.4) is 0 Å². The summed E-state index contributed by atoms with van der Waals surface area (Å²) in [6, 6.07) is 1.84. The van der Waals surface area contributed by atoms with E-state index in [2.05, 4.69) is 32.1 Å². The highest BCUT2D eigenvalue weighted by Crippen LogP contribution is 2.45. The molecule has 6 heterocycles. The average molecular weight is 591 g/mol. The number of aromatic nitrogens is 3. The van der Waals surface area contributed by atoms with Crippen molar-refractivity contribution >= 4 is 28.3 Å². The van der Waals surface area contributed by atoms with Gasteiger partial charge in [-0.25, -0.2) is 18.7 Å². The number of hydrogen-bond acceptors (Lipinski definition) is 7. The number of benzene rings is 1. The Morgan fingerprint density at radius 2 is 2.02 bits per heavy atom. The van der Waals surface area contributed by atoms with Gasteiger partial charge in [-0.3, -0.25) is 9.88 Å². The molecule has 0 saturated carbocycles. The zero-order valence-corrected chi connectivity index (χ0v) is 22.3. The smallest absolute Gasteiger partial charge is 0.418 e. The lowest BCUT2D eigenvalue weighted by Gasteiger charge is -2.29. The minimum absolute atomic E-state index is 0.00666. The van der Waals surface area contributed by atoms with Crippen molar-refractivity contribution in [1.29, 1.82) is 0 Å². The maximum Gasteiger partial charge on any atom is 0.418 e. The van der Waals surface area contributed by atoms with Crippen LogP contribution in [-0.2, 0) is 6.18 Å². The van der Waals surface area contributed by atoms with Gasteiger partial charge in [0.25, 0.3) is 0 Å². The van der Waals surface area contributed by atoms with Crippen LogP contribution in [0.1, 0.15) is 37.1 Å². The van der Waals surface area contributed by atoms with Gasteiger partial charge in [-0.1, -0.05) is 17.5 Å². The normalized spacial score (nSPS) is 27.5. The molecule has 4 fully saturated rings. The molecule has 1 aromatic carbocycles. The van der Waals surface area contributed by atoms with Crippen molar-refractivity contribution in [1.82, 2.24) is 25.2 Å². The van der Waals surface area contributed by atoms with Crippen molar-refractivity contribution in [2.24, 2.45) is 0 Å². The molecule has 2 bridgehead atoms. The van der Waals surface area contributed by atoms with Gasteiger partial charge in [0.05, 0.1) is 21.5 Å². The molecular weight excluding hydrogens is 567 g/mol. The summed E-state index contributed by atoms with van der Waals surface area (Å²) in [6.45, 7) is 2.35. The number of pyridine rings is 1. The Labute approximate surface area is 236 Å². The standard InChI is InChI=1S/C28H24ClF5N6O/c29-20-8-17(41)7-18(22(20)28(32,33)34)24-23(31)25-19(11-36-24)26(40-13-15-6-16(40)10-35-15)38-21(37-25)2-4-27-3-1-5-39(27)12-14(30)9-27/h7-8,11,14-16,35,41H,1,3,5-6,9-10,12-13H2/t14-,15+,16+,27-/m1/s1. The lowest BCUT2D eigenvalue weighted by atomic mass is 9.94. The highest BCUT2D eigenvalue weighted by atomic mass is 35.5. The Kier molecular flexibility index (Phi) is 6.09. The van der Waals surface area contributed by atoms with Crippen LogP contribution >= 0.6 is 11.6 Å². The second-order valence-corrected chi connectivity index (χ2v) is 11.6. The van der Waals surface area contributed by atoms with Crippen molar-refractivity contribution in [3.63, 3.8) is 0 Å². The number of fused-ring (bicyclic) bond motifs is 4. The van der Waals surface area contributed by atoms with E-state index in [9.17, 15) is 22.7 Å². The van der Waals surface area contributed by atoms with Crippen LogP contribution in [0.15, 0.2) is 18.3 Å². The average Bonchev–Trinajstić information content (AvgIpc) is 3.67. The first kappa shape index (κ1) is 26.6. The molecule has 214 valence electrons. The van der Waals surface area contributed by atoms with Crippen molar-refractivity contribution in [2.75, 3.05) is 31.1 Å². The third kappa shape index (κ3) is 4.37. The minimum Gasteiger partial charge on any atom is -0.508 e. The topological polar surface area (TPSA) is 77.4 Å². The van der Waals surface area contributed by atoms with Crippen LogP contribution in [0.25, 0.3) is 22.2 Å². The van der Waals surface area contributed by atoms with Gasteiger partial charge in [-0.2, -0.15) is 13.2 Å². The highest BCUT2D eigenvalue weighted by molar-refractivity contribution is 6.32. The molecule has 0 amide bonds. The SMILES string of the molecule is Oc1cc(Cl)c(C(F)(F)F)c(-c2ncc3c(N4C[C@@H]5C[C@H]4CN5)nc(C#C[C@@]45CCCN4C[C@H](F)C5)nc3c2F)c1. The maximum atomic E-state index is 16.2. The summed E-state index contributed by atoms with van der Waals surface area (Å²) in [4.78, 5) is 17.1. The van der Waals surface area contributed by atoms with Crippen molar-refractivity contribution in [3.05, 3.63) is 40.6 Å². The minimum atomic E-state index is -4.94. The number of rotatable bonds is 2. The molecule has 7 nitrogen and oxygen atoms in total. The zero-order valence-electron chi connectivity index (χ0n) is 21.6. The molecular formula is C28H24ClF5N6O. The van der Waals surface area contributed by atoms with E-state index in [-0.39, 0.29) is 35.2 Å². The zero-order chi connectivity index (χ0) is 28.7. The van der Waals surface area contributed by atoms with Crippen LogP contribution in [-0.4, -0.2) is 74.9 Å². The number of anilines is 1. The monoisotopic (exact) mass is 590 g/mol. The van der Waals surface area contributed by atoms with Gasteiger partial charge in [-0.05, 0) is 43.9 Å². The molecule has 7 rings (SSSR count). The van der Waals surface area contributed by atoms with Gasteiger partial charge >= 0.3 is 6.18 Å². The molecule has 13 heteroatoms. The van der Waals surface area contributed by atoms with Gasteiger partial charge in [-0.15, -0.1) is 0 Å². The van der Waals surface area contributed by atoms with Crippen LogP contribution < -0.4 is 10.2 Å². The van der Waals surface area contributed by atoms with E-state index in [0.29, 0.717) is 31.9 Å². The number of piperazine rings is 1. The van der Waals surface area contributed by atoms with E-state index in [0.717, 1.165) is 31.5 Å². The third-order valence-electron chi connectivity index (χ3n) is 8.61.